The van der Waals surface area contributed by atoms with Crippen LogP contribution in [-0.2, 0) is 9.59 Å². The normalized spacial score (nSPS) is 22.8. The average Bonchev–Trinajstić information content (AvgIpc) is 3.24. The first kappa shape index (κ1) is 13.9. The zero-order valence-corrected chi connectivity index (χ0v) is 12.4. The van der Waals surface area contributed by atoms with Gasteiger partial charge in [-0.15, -0.1) is 0 Å². The molecule has 21 heavy (non-hydrogen) atoms. The molecule has 1 saturated carbocycles. The van der Waals surface area contributed by atoms with E-state index in [-0.39, 0.29) is 17.1 Å². The molecule has 2 fully saturated rings. The fraction of sp³-hybridized carbons (Fsp3) is 0.333. The smallest absolute Gasteiger partial charge is 0.251 e. The summed E-state index contributed by atoms with van der Waals surface area (Å²) in [5.41, 5.74) is 1.61. The van der Waals surface area contributed by atoms with Crippen molar-refractivity contribution in [2.45, 2.75) is 25.8 Å². The van der Waals surface area contributed by atoms with Gasteiger partial charge in [-0.25, -0.2) is 0 Å². The number of nitrogens with zero attached hydrogens (tertiary/aromatic N) is 2. The Morgan fingerprint density at radius 3 is 2.71 bits per heavy atom. The van der Waals surface area contributed by atoms with Crippen molar-refractivity contribution in [2.75, 3.05) is 4.90 Å². The molecule has 1 N–H and O–H groups in total. The van der Waals surface area contributed by atoms with E-state index in [9.17, 15) is 9.59 Å². The molecule has 1 heterocycles. The van der Waals surface area contributed by atoms with Gasteiger partial charge in [-0.2, -0.15) is 0 Å². The second-order valence-corrected chi connectivity index (χ2v) is 5.65. The number of aryl methyl sites for hydroxylation is 1. The van der Waals surface area contributed by atoms with Gasteiger partial charge in [0.2, 0.25) is 5.91 Å². The summed E-state index contributed by atoms with van der Waals surface area (Å²) < 4.78 is 0. The Kier molecular flexibility index (Phi) is 3.55. The van der Waals surface area contributed by atoms with Crippen LogP contribution >= 0.6 is 12.2 Å². The van der Waals surface area contributed by atoms with Crippen molar-refractivity contribution >= 4 is 41.0 Å². The Balaban J connectivity index is 1.92. The van der Waals surface area contributed by atoms with E-state index in [4.69, 9.17) is 12.2 Å². The van der Waals surface area contributed by atoms with E-state index in [2.05, 4.69) is 10.3 Å². The number of para-hydroxylation sites is 1. The minimum Gasteiger partial charge on any atom is -0.301 e. The van der Waals surface area contributed by atoms with Crippen LogP contribution in [0.1, 0.15) is 18.4 Å². The van der Waals surface area contributed by atoms with E-state index in [1.807, 2.05) is 31.2 Å². The summed E-state index contributed by atoms with van der Waals surface area (Å²) in [6.45, 7) is 1.90. The molecule has 2 amide bonds. The van der Waals surface area contributed by atoms with E-state index in [0.717, 1.165) is 18.4 Å². The molecule has 1 aliphatic carbocycles. The van der Waals surface area contributed by atoms with E-state index < -0.39 is 11.8 Å². The lowest BCUT2D eigenvalue weighted by Gasteiger charge is -2.31. The van der Waals surface area contributed by atoms with E-state index in [0.29, 0.717) is 5.69 Å². The molecule has 0 unspecified atom stereocenters. The Hall–Kier alpha value is -2.08. The fourth-order valence-corrected chi connectivity index (χ4v) is 2.48. The average molecular weight is 301 g/mol. The number of thiocarbonyl (C=S) groups is 1. The fourth-order valence-electron chi connectivity index (χ4n) is 2.20. The van der Waals surface area contributed by atoms with Crippen molar-refractivity contribution in [1.82, 2.24) is 5.32 Å². The number of amides is 2. The molecule has 1 atom stereocenters. The molecule has 6 heteroatoms. The molecule has 5 nitrogen and oxygen atoms in total. The Bertz CT molecular complexity index is 652. The van der Waals surface area contributed by atoms with Crippen LogP contribution in [0.3, 0.4) is 0 Å². The van der Waals surface area contributed by atoms with Gasteiger partial charge in [0.05, 0.1) is 5.69 Å². The molecule has 0 aromatic heterocycles. The van der Waals surface area contributed by atoms with E-state index in [1.165, 1.54) is 11.1 Å². The predicted molar refractivity (Wildman–Crippen MR) is 84.4 cm³/mol. The molecule has 2 aliphatic rings. The molecule has 1 saturated heterocycles. The standard InChI is InChI=1S/C15H15N3O2S/c1-9-4-2-3-5-12(9)18-14(20)11(8-16-10-6-7-10)13(19)17-15(18)21/h2-5,8,10-11H,6-7H2,1H3,(H,17,19,21)/t11-/m0/s1. The van der Waals surface area contributed by atoms with E-state index >= 15 is 0 Å². The number of benzene rings is 1. The number of aliphatic imine (C=N–C) groups is 1. The van der Waals surface area contributed by atoms with E-state index in [1.54, 1.807) is 0 Å². The second-order valence-electron chi connectivity index (χ2n) is 5.26. The largest absolute Gasteiger partial charge is 0.301 e. The summed E-state index contributed by atoms with van der Waals surface area (Å²) in [5, 5.41) is 2.71. The predicted octanol–water partition coefficient (Wildman–Crippen LogP) is 1.59. The number of carbonyl (C=O) groups is 2. The molecule has 0 bridgehead atoms. The summed E-state index contributed by atoms with van der Waals surface area (Å²) in [7, 11) is 0. The molecule has 1 aliphatic heterocycles. The van der Waals surface area contributed by atoms with Crippen LogP contribution in [0.15, 0.2) is 29.3 Å². The van der Waals surface area contributed by atoms with Crippen LogP contribution in [0.25, 0.3) is 0 Å². The summed E-state index contributed by atoms with van der Waals surface area (Å²) in [4.78, 5) is 30.2. The SMILES string of the molecule is Cc1ccccc1N1C(=O)[C@@H](C=NC2CC2)C(=O)NC1=S. The number of rotatable bonds is 3. The topological polar surface area (TPSA) is 61.8 Å². The zero-order valence-electron chi connectivity index (χ0n) is 11.6. The maximum absolute atomic E-state index is 12.6. The number of anilines is 1. The van der Waals surface area contributed by atoms with Crippen LogP contribution in [0.5, 0.6) is 0 Å². The first-order chi connectivity index (χ1) is 10.1. The maximum atomic E-state index is 12.6. The van der Waals surface area contributed by atoms with Crippen LogP contribution in [0.4, 0.5) is 5.69 Å². The molecule has 0 radical (unpaired) electrons. The highest BCUT2D eigenvalue weighted by Crippen LogP contribution is 2.26. The van der Waals surface area contributed by atoms with Crippen LogP contribution in [0, 0.1) is 12.8 Å². The third kappa shape index (κ3) is 2.71. The lowest BCUT2D eigenvalue weighted by Crippen LogP contribution is -2.58. The lowest BCUT2D eigenvalue weighted by molar-refractivity contribution is -0.130. The highest BCUT2D eigenvalue weighted by molar-refractivity contribution is 7.80. The van der Waals surface area contributed by atoms with Crippen molar-refractivity contribution in [2.24, 2.45) is 10.9 Å². The van der Waals surface area contributed by atoms with Gasteiger partial charge in [-0.1, -0.05) is 18.2 Å². The van der Waals surface area contributed by atoms with Crippen molar-refractivity contribution < 1.29 is 9.59 Å². The van der Waals surface area contributed by atoms with Gasteiger partial charge in [0.1, 0.15) is 0 Å². The van der Waals surface area contributed by atoms with Crippen LogP contribution in [0.2, 0.25) is 0 Å². The molecular formula is C15H15N3O2S. The zero-order chi connectivity index (χ0) is 15.0. The number of hydrogen-bond acceptors (Lipinski definition) is 4. The number of hydrogen-bond donors (Lipinski definition) is 1. The van der Waals surface area contributed by atoms with Crippen LogP contribution < -0.4 is 10.2 Å². The van der Waals surface area contributed by atoms with Gasteiger partial charge in [0.25, 0.3) is 5.91 Å². The van der Waals surface area contributed by atoms with Crippen molar-refractivity contribution in [3.63, 3.8) is 0 Å². The Labute approximate surface area is 128 Å². The Morgan fingerprint density at radius 1 is 1.33 bits per heavy atom. The number of carbonyl (C=O) groups excluding carboxylic acids is 2. The third-order valence-electron chi connectivity index (χ3n) is 3.55. The van der Waals surface area contributed by atoms with Crippen molar-refractivity contribution in [1.29, 1.82) is 0 Å². The minimum atomic E-state index is -0.906. The molecule has 1 aromatic carbocycles. The van der Waals surface area contributed by atoms with Gasteiger partial charge in [0, 0.05) is 12.3 Å². The number of nitrogens with one attached hydrogen (secondary N) is 1. The van der Waals surface area contributed by atoms with Gasteiger partial charge < -0.3 is 5.32 Å². The van der Waals surface area contributed by atoms with Crippen molar-refractivity contribution in [3.8, 4) is 0 Å². The summed E-state index contributed by atoms with van der Waals surface area (Å²) >= 11 is 5.15. The molecule has 3 rings (SSSR count). The first-order valence-electron chi connectivity index (χ1n) is 6.85. The minimum absolute atomic E-state index is 0.121. The monoisotopic (exact) mass is 301 g/mol. The molecular weight excluding hydrogens is 286 g/mol. The lowest BCUT2D eigenvalue weighted by atomic mass is 10.0. The quantitative estimate of drug-likeness (QED) is 0.524. The molecule has 108 valence electrons. The summed E-state index contributed by atoms with van der Waals surface area (Å²) in [5.74, 6) is -1.65. The molecule has 1 aromatic rings. The first-order valence-corrected chi connectivity index (χ1v) is 7.26. The van der Waals surface area contributed by atoms with Gasteiger partial charge in [0.15, 0.2) is 11.0 Å². The summed E-state index contributed by atoms with van der Waals surface area (Å²) in [6, 6.07) is 7.70. The molecule has 0 spiro atoms. The van der Waals surface area contributed by atoms with Gasteiger partial charge >= 0.3 is 0 Å². The van der Waals surface area contributed by atoms with Gasteiger partial charge in [-0.05, 0) is 43.6 Å². The second kappa shape index (κ2) is 5.37. The Morgan fingerprint density at radius 2 is 2.05 bits per heavy atom. The van der Waals surface area contributed by atoms with Crippen molar-refractivity contribution in [3.05, 3.63) is 29.8 Å². The van der Waals surface area contributed by atoms with Gasteiger partial charge in [-0.3, -0.25) is 19.5 Å². The van der Waals surface area contributed by atoms with Crippen LogP contribution in [-0.4, -0.2) is 29.2 Å². The highest BCUT2D eigenvalue weighted by atomic mass is 32.1. The highest BCUT2D eigenvalue weighted by Gasteiger charge is 2.39. The maximum Gasteiger partial charge on any atom is 0.251 e. The summed E-state index contributed by atoms with van der Waals surface area (Å²) in [6.07, 6.45) is 3.51. The third-order valence-corrected chi connectivity index (χ3v) is 3.84.